The van der Waals surface area contributed by atoms with Crippen LogP contribution < -0.4 is 11.1 Å². The van der Waals surface area contributed by atoms with Crippen LogP contribution in [0.5, 0.6) is 0 Å². The summed E-state index contributed by atoms with van der Waals surface area (Å²) >= 11 is 0. The molecule has 1 saturated heterocycles. The van der Waals surface area contributed by atoms with Crippen molar-refractivity contribution in [3.05, 3.63) is 35.9 Å². The van der Waals surface area contributed by atoms with Crippen LogP contribution in [0.4, 0.5) is 4.79 Å². The molecular formula is C14H21N3O. The Labute approximate surface area is 108 Å². The van der Waals surface area contributed by atoms with Gasteiger partial charge in [-0.05, 0) is 24.8 Å². The van der Waals surface area contributed by atoms with Crippen molar-refractivity contribution in [3.8, 4) is 0 Å². The number of benzene rings is 1. The molecule has 1 aliphatic heterocycles. The van der Waals surface area contributed by atoms with E-state index in [1.165, 1.54) is 5.56 Å². The average molecular weight is 247 g/mol. The van der Waals surface area contributed by atoms with Crippen LogP contribution in [0.25, 0.3) is 0 Å². The molecule has 0 saturated carbocycles. The maximum absolute atomic E-state index is 11.9. The molecule has 1 aromatic carbocycles. The summed E-state index contributed by atoms with van der Waals surface area (Å²) in [5.74, 6) is 0. The van der Waals surface area contributed by atoms with E-state index >= 15 is 0 Å². The number of piperidine rings is 1. The third kappa shape index (κ3) is 3.74. The van der Waals surface area contributed by atoms with Gasteiger partial charge in [0.1, 0.15) is 0 Å². The predicted molar refractivity (Wildman–Crippen MR) is 72.3 cm³/mol. The fraction of sp³-hybridized carbons (Fsp3) is 0.500. The number of nitrogens with zero attached hydrogens (tertiary/aromatic N) is 1. The van der Waals surface area contributed by atoms with Crippen molar-refractivity contribution in [2.45, 2.75) is 25.3 Å². The highest BCUT2D eigenvalue weighted by Crippen LogP contribution is 2.08. The average Bonchev–Trinajstić information content (AvgIpc) is 2.40. The zero-order chi connectivity index (χ0) is 12.8. The van der Waals surface area contributed by atoms with Gasteiger partial charge in [-0.25, -0.2) is 4.79 Å². The molecule has 1 aromatic rings. The lowest BCUT2D eigenvalue weighted by Gasteiger charge is -2.30. The Morgan fingerprint density at radius 3 is 2.89 bits per heavy atom. The van der Waals surface area contributed by atoms with Crippen molar-refractivity contribution in [1.29, 1.82) is 0 Å². The lowest BCUT2D eigenvalue weighted by Crippen LogP contribution is -2.49. The fourth-order valence-corrected chi connectivity index (χ4v) is 2.26. The molecule has 1 heterocycles. The number of carbonyl (C=O) groups excluding carboxylic acids is 1. The molecule has 1 unspecified atom stereocenters. The molecule has 1 atom stereocenters. The Kier molecular flexibility index (Phi) is 4.59. The van der Waals surface area contributed by atoms with Crippen molar-refractivity contribution in [1.82, 2.24) is 10.2 Å². The maximum atomic E-state index is 11.9. The van der Waals surface area contributed by atoms with Crippen molar-refractivity contribution in [2.24, 2.45) is 5.73 Å². The topological polar surface area (TPSA) is 58.4 Å². The Bertz CT molecular complexity index is 380. The van der Waals surface area contributed by atoms with E-state index in [-0.39, 0.29) is 12.1 Å². The molecule has 0 radical (unpaired) electrons. The van der Waals surface area contributed by atoms with Gasteiger partial charge in [-0.3, -0.25) is 0 Å². The Morgan fingerprint density at radius 1 is 1.39 bits per heavy atom. The molecule has 4 heteroatoms. The van der Waals surface area contributed by atoms with Crippen LogP contribution in [0.15, 0.2) is 30.3 Å². The van der Waals surface area contributed by atoms with Crippen molar-refractivity contribution >= 4 is 6.03 Å². The molecule has 98 valence electrons. The summed E-state index contributed by atoms with van der Waals surface area (Å²) in [7, 11) is 0. The highest BCUT2D eigenvalue weighted by atomic mass is 16.2. The van der Waals surface area contributed by atoms with E-state index in [4.69, 9.17) is 5.73 Å². The number of nitrogens with two attached hydrogens (primary N) is 1. The quantitative estimate of drug-likeness (QED) is 0.847. The summed E-state index contributed by atoms with van der Waals surface area (Å²) in [4.78, 5) is 13.7. The van der Waals surface area contributed by atoms with Gasteiger partial charge in [0.15, 0.2) is 0 Å². The molecule has 0 spiro atoms. The van der Waals surface area contributed by atoms with Crippen LogP contribution in [-0.2, 0) is 6.42 Å². The first-order valence-electron chi connectivity index (χ1n) is 6.58. The third-order valence-electron chi connectivity index (χ3n) is 3.28. The number of amides is 2. The molecule has 2 rings (SSSR count). The predicted octanol–water partition coefficient (Wildman–Crippen LogP) is 1.36. The largest absolute Gasteiger partial charge is 0.338 e. The first-order valence-corrected chi connectivity index (χ1v) is 6.58. The van der Waals surface area contributed by atoms with E-state index in [0.717, 1.165) is 25.8 Å². The highest BCUT2D eigenvalue weighted by Gasteiger charge is 2.20. The molecular weight excluding hydrogens is 226 g/mol. The lowest BCUT2D eigenvalue weighted by molar-refractivity contribution is 0.180. The lowest BCUT2D eigenvalue weighted by atomic mass is 10.1. The van der Waals surface area contributed by atoms with E-state index in [1.54, 1.807) is 0 Å². The van der Waals surface area contributed by atoms with Gasteiger partial charge in [0.25, 0.3) is 0 Å². The first-order chi connectivity index (χ1) is 8.75. The summed E-state index contributed by atoms with van der Waals surface area (Å²) in [6.07, 6.45) is 2.90. The zero-order valence-electron chi connectivity index (χ0n) is 10.6. The van der Waals surface area contributed by atoms with Crippen molar-refractivity contribution in [2.75, 3.05) is 19.6 Å². The van der Waals surface area contributed by atoms with Crippen LogP contribution in [0.3, 0.4) is 0 Å². The van der Waals surface area contributed by atoms with Gasteiger partial charge in [0, 0.05) is 25.7 Å². The number of likely N-dealkylation sites (tertiary alicyclic amines) is 1. The van der Waals surface area contributed by atoms with Gasteiger partial charge in [-0.1, -0.05) is 30.3 Å². The first kappa shape index (κ1) is 12.9. The number of carbonyl (C=O) groups is 1. The minimum absolute atomic E-state index is 0.0149. The standard InChI is InChI=1S/C14H21N3O/c15-13-7-4-10-17(11-13)14(18)16-9-8-12-5-2-1-3-6-12/h1-3,5-6,13H,4,7-11,15H2,(H,16,18). The molecule has 1 aliphatic rings. The van der Waals surface area contributed by atoms with Crippen LogP contribution in [0.1, 0.15) is 18.4 Å². The second-order valence-corrected chi connectivity index (χ2v) is 4.82. The van der Waals surface area contributed by atoms with Crippen molar-refractivity contribution in [3.63, 3.8) is 0 Å². The number of hydrogen-bond acceptors (Lipinski definition) is 2. The SMILES string of the molecule is NC1CCCN(C(=O)NCCc2ccccc2)C1. The van der Waals surface area contributed by atoms with E-state index < -0.39 is 0 Å². The number of rotatable bonds is 3. The molecule has 1 fully saturated rings. The van der Waals surface area contributed by atoms with Gasteiger partial charge in [0.05, 0.1) is 0 Å². The summed E-state index contributed by atoms with van der Waals surface area (Å²) in [6.45, 7) is 2.18. The molecule has 0 bridgehead atoms. The Balaban J connectivity index is 1.71. The van der Waals surface area contributed by atoms with Gasteiger partial charge in [-0.2, -0.15) is 0 Å². The third-order valence-corrected chi connectivity index (χ3v) is 3.28. The summed E-state index contributed by atoms with van der Waals surface area (Å²) in [6, 6.07) is 10.3. The summed E-state index contributed by atoms with van der Waals surface area (Å²) in [5.41, 5.74) is 7.10. The molecule has 4 nitrogen and oxygen atoms in total. The van der Waals surface area contributed by atoms with Crippen LogP contribution >= 0.6 is 0 Å². The van der Waals surface area contributed by atoms with Gasteiger partial charge in [0.2, 0.25) is 0 Å². The van der Waals surface area contributed by atoms with E-state index in [9.17, 15) is 4.79 Å². The normalized spacial score (nSPS) is 19.6. The number of nitrogens with one attached hydrogen (secondary N) is 1. The smallest absolute Gasteiger partial charge is 0.317 e. The molecule has 18 heavy (non-hydrogen) atoms. The molecule has 3 N–H and O–H groups in total. The maximum Gasteiger partial charge on any atom is 0.317 e. The number of urea groups is 1. The second kappa shape index (κ2) is 6.40. The minimum Gasteiger partial charge on any atom is -0.338 e. The fourth-order valence-electron chi connectivity index (χ4n) is 2.26. The monoisotopic (exact) mass is 247 g/mol. The second-order valence-electron chi connectivity index (χ2n) is 4.82. The zero-order valence-corrected chi connectivity index (χ0v) is 10.6. The molecule has 2 amide bonds. The van der Waals surface area contributed by atoms with Gasteiger partial charge >= 0.3 is 6.03 Å². The van der Waals surface area contributed by atoms with Crippen molar-refractivity contribution < 1.29 is 4.79 Å². The van der Waals surface area contributed by atoms with E-state index in [0.29, 0.717) is 13.1 Å². The summed E-state index contributed by atoms with van der Waals surface area (Å²) < 4.78 is 0. The van der Waals surface area contributed by atoms with Gasteiger partial charge < -0.3 is 16.0 Å². The van der Waals surface area contributed by atoms with E-state index in [1.807, 2.05) is 23.1 Å². The van der Waals surface area contributed by atoms with Crippen LogP contribution in [-0.4, -0.2) is 36.6 Å². The summed E-state index contributed by atoms with van der Waals surface area (Å²) in [5, 5.41) is 2.95. The van der Waals surface area contributed by atoms with Gasteiger partial charge in [-0.15, -0.1) is 0 Å². The number of hydrogen-bond donors (Lipinski definition) is 2. The highest BCUT2D eigenvalue weighted by molar-refractivity contribution is 5.74. The minimum atomic E-state index is 0.0149. The molecule has 0 aromatic heterocycles. The molecule has 0 aliphatic carbocycles. The van der Waals surface area contributed by atoms with Crippen LogP contribution in [0.2, 0.25) is 0 Å². The van der Waals surface area contributed by atoms with Crippen LogP contribution in [0, 0.1) is 0 Å². The van der Waals surface area contributed by atoms with E-state index in [2.05, 4.69) is 17.4 Å². The Hall–Kier alpha value is -1.55. The Morgan fingerprint density at radius 2 is 2.17 bits per heavy atom.